The highest BCUT2D eigenvalue weighted by atomic mass is 16.1. The maximum absolute atomic E-state index is 11.4. The minimum atomic E-state index is -0.592. The van der Waals surface area contributed by atoms with Gasteiger partial charge in [-0.25, -0.2) is 4.98 Å². The summed E-state index contributed by atoms with van der Waals surface area (Å²) in [5.74, 6) is 0.299. The zero-order chi connectivity index (χ0) is 15.9. The second-order valence-corrected chi connectivity index (χ2v) is 5.23. The van der Waals surface area contributed by atoms with Gasteiger partial charge >= 0.3 is 0 Å². The average Bonchev–Trinajstić information content (AvgIpc) is 2.81. The third-order valence-corrected chi connectivity index (χ3v) is 3.26. The molecule has 3 aromatic rings. The van der Waals surface area contributed by atoms with Crippen LogP contribution >= 0.6 is 0 Å². The summed E-state index contributed by atoms with van der Waals surface area (Å²) in [4.78, 5) is 15.8. The SMILES string of the molecule is Cc1cc(C)cc(Nc2cc(N)n3ncc(C(N)=O)c3n2)c1. The number of hydrogen-bond donors (Lipinski definition) is 3. The summed E-state index contributed by atoms with van der Waals surface area (Å²) in [6, 6.07) is 7.74. The number of carbonyl (C=O) groups excluding carboxylic acids is 1. The van der Waals surface area contributed by atoms with Gasteiger partial charge < -0.3 is 16.8 Å². The number of hydrogen-bond acceptors (Lipinski definition) is 5. The molecule has 0 saturated heterocycles. The van der Waals surface area contributed by atoms with Gasteiger partial charge in [0.15, 0.2) is 5.65 Å². The van der Waals surface area contributed by atoms with Crippen LogP contribution in [0, 0.1) is 13.8 Å². The van der Waals surface area contributed by atoms with Crippen molar-refractivity contribution in [2.24, 2.45) is 5.73 Å². The van der Waals surface area contributed by atoms with Gasteiger partial charge in [0.1, 0.15) is 17.2 Å². The molecule has 2 aromatic heterocycles. The van der Waals surface area contributed by atoms with E-state index in [0.29, 0.717) is 17.3 Å². The van der Waals surface area contributed by atoms with Gasteiger partial charge in [0, 0.05) is 11.8 Å². The highest BCUT2D eigenvalue weighted by Crippen LogP contribution is 2.21. The van der Waals surface area contributed by atoms with Crippen molar-refractivity contribution in [1.29, 1.82) is 0 Å². The molecule has 0 radical (unpaired) electrons. The first-order chi connectivity index (χ1) is 10.4. The van der Waals surface area contributed by atoms with Gasteiger partial charge in [0.2, 0.25) is 0 Å². The van der Waals surface area contributed by atoms with Crippen molar-refractivity contribution in [1.82, 2.24) is 14.6 Å². The Hall–Kier alpha value is -3.09. The molecule has 0 saturated carbocycles. The standard InChI is InChI=1S/C15H16N6O/c1-8-3-9(2)5-10(4-8)19-13-6-12(16)21-15(20-13)11(7-18-21)14(17)22/h3-7H,16H2,1-2H3,(H2,17,22)(H,19,20). The van der Waals surface area contributed by atoms with Crippen LogP contribution in [0.5, 0.6) is 0 Å². The Bertz CT molecular complexity index is 863. The smallest absolute Gasteiger partial charge is 0.254 e. The molecule has 0 aliphatic carbocycles. The summed E-state index contributed by atoms with van der Waals surface area (Å²) < 4.78 is 1.38. The van der Waals surface area contributed by atoms with Crippen LogP contribution in [0.25, 0.3) is 5.65 Å². The Balaban J connectivity index is 2.07. The van der Waals surface area contributed by atoms with Crippen molar-refractivity contribution >= 4 is 28.9 Å². The highest BCUT2D eigenvalue weighted by molar-refractivity contribution is 5.98. The van der Waals surface area contributed by atoms with Gasteiger partial charge in [-0.05, 0) is 37.1 Å². The molecule has 3 rings (SSSR count). The number of nitrogens with two attached hydrogens (primary N) is 2. The molecule has 2 heterocycles. The molecule has 1 aromatic carbocycles. The Morgan fingerprint density at radius 2 is 1.86 bits per heavy atom. The van der Waals surface area contributed by atoms with Crippen LogP contribution in [-0.4, -0.2) is 20.5 Å². The fourth-order valence-electron chi connectivity index (χ4n) is 2.42. The first-order valence-corrected chi connectivity index (χ1v) is 6.73. The van der Waals surface area contributed by atoms with Crippen LogP contribution in [0.15, 0.2) is 30.5 Å². The van der Waals surface area contributed by atoms with Gasteiger partial charge in [-0.15, -0.1) is 0 Å². The Morgan fingerprint density at radius 3 is 2.50 bits per heavy atom. The van der Waals surface area contributed by atoms with Gasteiger partial charge in [-0.3, -0.25) is 4.79 Å². The van der Waals surface area contributed by atoms with E-state index in [1.165, 1.54) is 10.7 Å². The first kappa shape index (κ1) is 13.9. The summed E-state index contributed by atoms with van der Waals surface area (Å²) in [6.07, 6.45) is 1.36. The Morgan fingerprint density at radius 1 is 1.18 bits per heavy atom. The molecule has 0 fully saturated rings. The normalized spacial score (nSPS) is 10.8. The molecular formula is C15H16N6O. The lowest BCUT2D eigenvalue weighted by Gasteiger charge is -2.09. The predicted octanol–water partition coefficient (Wildman–Crippen LogP) is 1.77. The van der Waals surface area contributed by atoms with Crippen LogP contribution in [0.1, 0.15) is 21.5 Å². The number of aryl methyl sites for hydroxylation is 2. The molecule has 0 atom stereocenters. The van der Waals surface area contributed by atoms with E-state index >= 15 is 0 Å². The van der Waals surface area contributed by atoms with Crippen LogP contribution < -0.4 is 16.8 Å². The number of anilines is 3. The fraction of sp³-hybridized carbons (Fsp3) is 0.133. The van der Waals surface area contributed by atoms with E-state index in [9.17, 15) is 4.79 Å². The van der Waals surface area contributed by atoms with Gasteiger partial charge in [-0.1, -0.05) is 6.07 Å². The van der Waals surface area contributed by atoms with Crippen molar-refractivity contribution in [2.45, 2.75) is 13.8 Å². The van der Waals surface area contributed by atoms with Gasteiger partial charge in [0.05, 0.1) is 6.20 Å². The van der Waals surface area contributed by atoms with Crippen LogP contribution in [0.4, 0.5) is 17.3 Å². The summed E-state index contributed by atoms with van der Waals surface area (Å²) in [5.41, 5.74) is 15.0. The molecule has 0 spiro atoms. The largest absolute Gasteiger partial charge is 0.383 e. The molecule has 7 heteroatoms. The van der Waals surface area contributed by atoms with E-state index in [-0.39, 0.29) is 5.56 Å². The molecule has 112 valence electrons. The zero-order valence-electron chi connectivity index (χ0n) is 12.3. The number of primary amides is 1. The van der Waals surface area contributed by atoms with E-state index in [0.717, 1.165) is 16.8 Å². The van der Waals surface area contributed by atoms with E-state index in [1.807, 2.05) is 26.0 Å². The number of carbonyl (C=O) groups is 1. The lowest BCUT2D eigenvalue weighted by Crippen LogP contribution is -2.12. The van der Waals surface area contributed by atoms with Crippen molar-refractivity contribution in [2.75, 3.05) is 11.1 Å². The van der Waals surface area contributed by atoms with Crippen molar-refractivity contribution in [3.8, 4) is 0 Å². The summed E-state index contributed by atoms with van der Waals surface area (Å²) in [5, 5.41) is 7.21. The molecular weight excluding hydrogens is 280 g/mol. The number of fused-ring (bicyclic) bond motifs is 1. The van der Waals surface area contributed by atoms with Crippen molar-refractivity contribution < 1.29 is 4.79 Å². The zero-order valence-corrected chi connectivity index (χ0v) is 12.3. The minimum Gasteiger partial charge on any atom is -0.383 e. The van der Waals surface area contributed by atoms with Crippen LogP contribution in [0.3, 0.4) is 0 Å². The third-order valence-electron chi connectivity index (χ3n) is 3.26. The number of nitrogens with one attached hydrogen (secondary N) is 1. The molecule has 5 N–H and O–H groups in total. The number of nitrogen functional groups attached to an aromatic ring is 1. The second kappa shape index (κ2) is 5.03. The quantitative estimate of drug-likeness (QED) is 0.682. The number of aromatic nitrogens is 3. The second-order valence-electron chi connectivity index (χ2n) is 5.23. The monoisotopic (exact) mass is 296 g/mol. The molecule has 0 aliphatic rings. The van der Waals surface area contributed by atoms with Crippen LogP contribution in [-0.2, 0) is 0 Å². The maximum atomic E-state index is 11.4. The summed E-state index contributed by atoms with van der Waals surface area (Å²) in [6.45, 7) is 4.04. The van der Waals surface area contributed by atoms with Crippen LogP contribution in [0.2, 0.25) is 0 Å². The van der Waals surface area contributed by atoms with E-state index in [2.05, 4.69) is 21.5 Å². The van der Waals surface area contributed by atoms with Crippen molar-refractivity contribution in [3.05, 3.63) is 47.2 Å². The third kappa shape index (κ3) is 2.44. The Kier molecular flexibility index (Phi) is 3.17. The average molecular weight is 296 g/mol. The van der Waals surface area contributed by atoms with Gasteiger partial charge in [-0.2, -0.15) is 9.61 Å². The number of amides is 1. The first-order valence-electron chi connectivity index (χ1n) is 6.73. The predicted molar refractivity (Wildman–Crippen MR) is 85.1 cm³/mol. The molecule has 1 amide bonds. The lowest BCUT2D eigenvalue weighted by molar-refractivity contribution is 0.100. The topological polar surface area (TPSA) is 111 Å². The summed E-state index contributed by atoms with van der Waals surface area (Å²) in [7, 11) is 0. The van der Waals surface area contributed by atoms with Gasteiger partial charge in [0.25, 0.3) is 5.91 Å². The van der Waals surface area contributed by atoms with E-state index < -0.39 is 5.91 Å². The number of nitrogens with zero attached hydrogens (tertiary/aromatic N) is 3. The van der Waals surface area contributed by atoms with E-state index in [1.54, 1.807) is 6.07 Å². The lowest BCUT2D eigenvalue weighted by atomic mass is 10.1. The van der Waals surface area contributed by atoms with Crippen molar-refractivity contribution in [3.63, 3.8) is 0 Å². The Labute approximate surface area is 127 Å². The molecule has 0 aliphatic heterocycles. The molecule has 0 bridgehead atoms. The minimum absolute atomic E-state index is 0.232. The maximum Gasteiger partial charge on any atom is 0.254 e. The number of rotatable bonds is 3. The summed E-state index contributed by atoms with van der Waals surface area (Å²) >= 11 is 0. The molecule has 22 heavy (non-hydrogen) atoms. The van der Waals surface area contributed by atoms with E-state index in [4.69, 9.17) is 11.5 Å². The number of benzene rings is 1. The highest BCUT2D eigenvalue weighted by Gasteiger charge is 2.14. The molecule has 7 nitrogen and oxygen atoms in total. The molecule has 0 unspecified atom stereocenters. The fourth-order valence-corrected chi connectivity index (χ4v) is 2.42.